The molecule has 0 amide bonds. The van der Waals surface area contributed by atoms with E-state index >= 15 is 0 Å². The molecule has 2 aromatic heterocycles. The molecule has 1 aromatic carbocycles. The van der Waals surface area contributed by atoms with E-state index in [1.165, 1.54) is 11.3 Å². The lowest BCUT2D eigenvalue weighted by Crippen LogP contribution is -2.40. The quantitative estimate of drug-likeness (QED) is 0.432. The van der Waals surface area contributed by atoms with Crippen LogP contribution in [0.3, 0.4) is 0 Å². The maximum atomic E-state index is 12.2. The van der Waals surface area contributed by atoms with Gasteiger partial charge in [-0.1, -0.05) is 23.7 Å². The number of aromatic nitrogens is 2. The Morgan fingerprint density at radius 1 is 1.26 bits per heavy atom. The highest BCUT2D eigenvalue weighted by Gasteiger charge is 2.43. The Balaban J connectivity index is 0.00000272. The fourth-order valence-electron chi connectivity index (χ4n) is 3.85. The third kappa shape index (κ3) is 5.87. The Morgan fingerprint density at radius 2 is 2.03 bits per heavy atom. The van der Waals surface area contributed by atoms with Gasteiger partial charge in [0.1, 0.15) is 11.6 Å². The second-order valence-corrected chi connectivity index (χ2v) is 8.84. The van der Waals surface area contributed by atoms with E-state index < -0.39 is 11.4 Å². The van der Waals surface area contributed by atoms with E-state index in [1.54, 1.807) is 18.3 Å². The number of thiazole rings is 1. The normalized spacial score (nSPS) is 20.5. The fourth-order valence-corrected chi connectivity index (χ4v) is 4.57. The number of hydrogen-bond acceptors (Lipinski definition) is 6. The van der Waals surface area contributed by atoms with Gasteiger partial charge < -0.3 is 15.2 Å². The van der Waals surface area contributed by atoms with Gasteiger partial charge in [0, 0.05) is 28.7 Å². The molecule has 4 rings (SSSR count). The van der Waals surface area contributed by atoms with Crippen molar-refractivity contribution in [1.82, 2.24) is 9.97 Å². The molecule has 2 N–H and O–H groups in total. The molecule has 0 aliphatic heterocycles. The van der Waals surface area contributed by atoms with Gasteiger partial charge in [0.05, 0.1) is 11.5 Å². The fraction of sp³-hybridized carbons (Fsp3) is 0.318. The smallest absolute Gasteiger partial charge is 0.310 e. The van der Waals surface area contributed by atoms with Crippen molar-refractivity contribution in [3.63, 3.8) is 0 Å². The molecule has 1 fully saturated rings. The van der Waals surface area contributed by atoms with Gasteiger partial charge in [0.15, 0.2) is 5.13 Å². The van der Waals surface area contributed by atoms with Crippen LogP contribution in [-0.2, 0) is 11.2 Å². The van der Waals surface area contributed by atoms with Crippen molar-refractivity contribution in [3.05, 3.63) is 64.8 Å². The molecule has 1 saturated carbocycles. The van der Waals surface area contributed by atoms with Gasteiger partial charge in [-0.05, 0) is 56.0 Å². The number of rotatable bonds is 7. The summed E-state index contributed by atoms with van der Waals surface area (Å²) >= 11 is 7.51. The second-order valence-electron chi connectivity index (χ2n) is 7.51. The first-order chi connectivity index (χ1) is 14.5. The molecule has 0 unspecified atom stereocenters. The van der Waals surface area contributed by atoms with Crippen molar-refractivity contribution in [2.45, 2.75) is 38.2 Å². The van der Waals surface area contributed by atoms with E-state index in [1.807, 2.05) is 35.7 Å². The summed E-state index contributed by atoms with van der Waals surface area (Å²) in [6.07, 6.45) is 4.53. The Hall–Kier alpha value is -2.35. The molecule has 164 valence electrons. The lowest BCUT2D eigenvalue weighted by atomic mass is 9.70. The monoisotopic (exact) mass is 479 g/mol. The Labute approximate surface area is 196 Å². The lowest BCUT2D eigenvalue weighted by molar-refractivity contribution is -0.152. The molecule has 0 spiro atoms. The molecule has 3 aromatic rings. The van der Waals surface area contributed by atoms with E-state index in [2.05, 4.69) is 15.3 Å². The first-order valence-corrected chi connectivity index (χ1v) is 11.1. The predicted molar refractivity (Wildman–Crippen MR) is 125 cm³/mol. The van der Waals surface area contributed by atoms with Crippen molar-refractivity contribution in [1.29, 1.82) is 0 Å². The van der Waals surface area contributed by atoms with Crippen LogP contribution in [0.4, 0.5) is 10.9 Å². The number of aliphatic carboxylic acids is 1. The van der Waals surface area contributed by atoms with Gasteiger partial charge in [-0.3, -0.25) is 4.79 Å². The van der Waals surface area contributed by atoms with Crippen molar-refractivity contribution < 1.29 is 14.6 Å². The molecule has 9 heteroatoms. The predicted octanol–water partition coefficient (Wildman–Crippen LogP) is 5.99. The highest BCUT2D eigenvalue weighted by atomic mass is 35.5. The summed E-state index contributed by atoms with van der Waals surface area (Å²) in [4.78, 5) is 21.0. The number of carbonyl (C=O) groups is 1. The maximum Gasteiger partial charge on any atom is 0.310 e. The topological polar surface area (TPSA) is 84.3 Å². The molecule has 0 radical (unpaired) electrons. The number of benzene rings is 1. The summed E-state index contributed by atoms with van der Waals surface area (Å²) in [5.74, 6) is 0.614. The number of carboxylic acids is 1. The van der Waals surface area contributed by atoms with E-state index in [0.29, 0.717) is 42.9 Å². The summed E-state index contributed by atoms with van der Waals surface area (Å²) in [6.45, 7) is 0. The van der Waals surface area contributed by atoms with Crippen molar-refractivity contribution in [2.75, 3.05) is 5.32 Å². The highest BCUT2D eigenvalue weighted by Crippen LogP contribution is 2.41. The van der Waals surface area contributed by atoms with Gasteiger partial charge in [-0.25, -0.2) is 9.97 Å². The molecule has 0 saturated heterocycles. The van der Waals surface area contributed by atoms with Crippen molar-refractivity contribution in [3.8, 4) is 5.75 Å². The van der Waals surface area contributed by atoms with E-state index in [4.69, 9.17) is 16.3 Å². The summed E-state index contributed by atoms with van der Waals surface area (Å²) in [5, 5.41) is 16.5. The molecule has 0 bridgehead atoms. The highest BCUT2D eigenvalue weighted by molar-refractivity contribution is 7.13. The first-order valence-electron chi connectivity index (χ1n) is 9.80. The average molecular weight is 480 g/mol. The Bertz CT molecular complexity index is 1010. The Kier molecular flexibility index (Phi) is 7.75. The van der Waals surface area contributed by atoms with Gasteiger partial charge in [-0.2, -0.15) is 0 Å². The third-order valence-electron chi connectivity index (χ3n) is 5.44. The Morgan fingerprint density at radius 3 is 2.71 bits per heavy atom. The second kappa shape index (κ2) is 10.3. The zero-order chi connectivity index (χ0) is 21.0. The summed E-state index contributed by atoms with van der Waals surface area (Å²) in [7, 11) is 0. The number of pyridine rings is 1. The van der Waals surface area contributed by atoms with Crippen LogP contribution >= 0.6 is 35.3 Å². The van der Waals surface area contributed by atoms with Crippen LogP contribution in [0.15, 0.2) is 54.0 Å². The van der Waals surface area contributed by atoms with Crippen LogP contribution in [0.1, 0.15) is 31.4 Å². The summed E-state index contributed by atoms with van der Waals surface area (Å²) < 4.78 is 6.03. The largest absolute Gasteiger partial charge is 0.490 e. The van der Waals surface area contributed by atoms with Gasteiger partial charge >= 0.3 is 5.97 Å². The number of ether oxygens (including phenoxy) is 1. The van der Waals surface area contributed by atoms with Gasteiger partial charge in [0.25, 0.3) is 0 Å². The van der Waals surface area contributed by atoms with Gasteiger partial charge in [0.2, 0.25) is 0 Å². The molecular formula is C22H23Cl2N3O3S. The van der Waals surface area contributed by atoms with Crippen LogP contribution in [0.2, 0.25) is 5.02 Å². The van der Waals surface area contributed by atoms with Crippen LogP contribution < -0.4 is 10.1 Å². The minimum atomic E-state index is -0.832. The number of carboxylic acid groups (broad SMARTS) is 1. The number of nitrogens with one attached hydrogen (secondary N) is 1. The average Bonchev–Trinajstić information content (AvgIpc) is 3.23. The number of anilines is 2. The zero-order valence-electron chi connectivity index (χ0n) is 16.7. The zero-order valence-corrected chi connectivity index (χ0v) is 19.1. The van der Waals surface area contributed by atoms with Crippen LogP contribution in [0.5, 0.6) is 5.75 Å². The molecule has 6 nitrogen and oxygen atoms in total. The number of nitrogens with zero attached hydrogens (tertiary/aromatic N) is 2. The van der Waals surface area contributed by atoms with Crippen LogP contribution in [0, 0.1) is 5.41 Å². The number of hydrogen-bond donors (Lipinski definition) is 2. The molecule has 0 atom stereocenters. The standard InChI is InChI=1S/C22H22ClN3O3S.ClH/c23-15-3-1-5-18(13-15)29-17-7-9-22(10-8-17,20(27)28)14-16-4-2-6-19(25-16)26-21-24-11-12-30-21;/h1-6,11-13,17H,7-10,14H2,(H,27,28)(H,24,25,26);1H. The van der Waals surface area contributed by atoms with E-state index in [-0.39, 0.29) is 18.5 Å². The molecule has 31 heavy (non-hydrogen) atoms. The maximum absolute atomic E-state index is 12.2. The minimum Gasteiger partial charge on any atom is -0.490 e. The van der Waals surface area contributed by atoms with E-state index in [9.17, 15) is 9.90 Å². The van der Waals surface area contributed by atoms with E-state index in [0.717, 1.165) is 16.6 Å². The van der Waals surface area contributed by atoms with Crippen LogP contribution in [-0.4, -0.2) is 27.1 Å². The van der Waals surface area contributed by atoms with Crippen molar-refractivity contribution in [2.24, 2.45) is 5.41 Å². The molecule has 2 heterocycles. The lowest BCUT2D eigenvalue weighted by Gasteiger charge is -2.36. The number of halogens is 2. The summed E-state index contributed by atoms with van der Waals surface area (Å²) in [6, 6.07) is 12.9. The van der Waals surface area contributed by atoms with Gasteiger partial charge in [-0.15, -0.1) is 23.7 Å². The first kappa shape index (κ1) is 23.3. The van der Waals surface area contributed by atoms with Crippen molar-refractivity contribution >= 4 is 52.3 Å². The molecular weight excluding hydrogens is 457 g/mol. The summed E-state index contributed by atoms with van der Waals surface area (Å²) in [5.41, 5.74) is -0.0748. The molecule has 1 aliphatic carbocycles. The third-order valence-corrected chi connectivity index (χ3v) is 6.36. The SMILES string of the molecule is Cl.O=C(O)C1(Cc2cccc(Nc3nccs3)n2)CCC(Oc2cccc(Cl)c2)CC1. The van der Waals surface area contributed by atoms with Crippen LogP contribution in [0.25, 0.3) is 0 Å². The minimum absolute atomic E-state index is 0. The molecule has 1 aliphatic rings.